The van der Waals surface area contributed by atoms with Gasteiger partial charge in [0.05, 0.1) is 0 Å². The van der Waals surface area contributed by atoms with Gasteiger partial charge in [0.2, 0.25) is 0 Å². The second-order valence-corrected chi connectivity index (χ2v) is 9.29. The van der Waals surface area contributed by atoms with Crippen LogP contribution in [-0.2, 0) is 24.9 Å². The fraction of sp³-hybridized carbons (Fsp3) is 0.300. The van der Waals surface area contributed by atoms with Gasteiger partial charge in [-0.3, -0.25) is 0 Å². The number of H-pyrrole nitrogens is 1. The molecule has 5 rings (SSSR count). The molecule has 3 heterocycles. The number of nitrogens with zero attached hydrogens (tertiary/aromatic N) is 1. The van der Waals surface area contributed by atoms with E-state index in [-0.39, 0.29) is 19.6 Å². The van der Waals surface area contributed by atoms with Gasteiger partial charge in [0.15, 0.2) is 0 Å². The van der Waals surface area contributed by atoms with Crippen LogP contribution in [0.25, 0.3) is 10.8 Å². The number of nitrogens with one attached hydrogen (secondary N) is 1. The van der Waals surface area contributed by atoms with E-state index in [1.54, 1.807) is 0 Å². The van der Waals surface area contributed by atoms with Gasteiger partial charge in [0.1, 0.15) is 0 Å². The first kappa shape index (κ1) is 20.4. The van der Waals surface area contributed by atoms with Crippen molar-refractivity contribution in [3.63, 3.8) is 0 Å². The summed E-state index contributed by atoms with van der Waals surface area (Å²) in [5.41, 5.74) is -1.01. The molecule has 31 heavy (non-hydrogen) atoms. The third-order valence-electron chi connectivity index (χ3n) is 5.44. The Morgan fingerprint density at radius 1 is 1.19 bits per heavy atom. The quantitative estimate of drug-likeness (QED) is 0.586. The van der Waals surface area contributed by atoms with Crippen LogP contribution in [0.2, 0.25) is 0 Å². The van der Waals surface area contributed by atoms with Crippen molar-refractivity contribution >= 4 is 18.9 Å². The third-order valence-corrected chi connectivity index (χ3v) is 7.08. The van der Waals surface area contributed by atoms with E-state index >= 15 is 0 Å². The zero-order valence-corrected chi connectivity index (χ0v) is 17.2. The van der Waals surface area contributed by atoms with E-state index in [0.717, 1.165) is 27.1 Å². The zero-order valence-electron chi connectivity index (χ0n) is 16.2. The average molecular weight is 450 g/mol. The number of hydrogen-bond donors (Lipinski definition) is 2. The molecule has 0 aliphatic carbocycles. The van der Waals surface area contributed by atoms with E-state index in [1.165, 1.54) is 0 Å². The van der Waals surface area contributed by atoms with Crippen LogP contribution in [0.5, 0.6) is 0 Å². The summed E-state index contributed by atoms with van der Waals surface area (Å²) in [5, 5.41) is 2.05. The first-order chi connectivity index (χ1) is 14.9. The molecule has 0 bridgehead atoms. The van der Waals surface area contributed by atoms with Crippen LogP contribution in [0.4, 0.5) is 4.39 Å². The number of aromatic amines is 1. The van der Waals surface area contributed by atoms with Crippen LogP contribution >= 0.6 is 8.17 Å². The fourth-order valence-corrected chi connectivity index (χ4v) is 5.46. The summed E-state index contributed by atoms with van der Waals surface area (Å²) in [6, 6.07) is 13.6. The summed E-state index contributed by atoms with van der Waals surface area (Å²) in [5.74, 6) is -1.10. The average Bonchev–Trinajstić information content (AvgIpc) is 3.17. The van der Waals surface area contributed by atoms with Gasteiger partial charge < -0.3 is 0 Å². The molecular weight excluding hydrogens is 430 g/mol. The van der Waals surface area contributed by atoms with Gasteiger partial charge in [-0.1, -0.05) is 0 Å². The second-order valence-electron chi connectivity index (χ2n) is 7.43. The van der Waals surface area contributed by atoms with Crippen molar-refractivity contribution in [1.82, 2.24) is 9.55 Å². The third kappa shape index (κ3) is 3.94. The molecule has 3 atom stereocenters. The van der Waals surface area contributed by atoms with Crippen LogP contribution < -0.4 is 11.2 Å². The summed E-state index contributed by atoms with van der Waals surface area (Å²) >= 11 is 0. The minimum atomic E-state index is -3.96. The molecule has 9 nitrogen and oxygen atoms in total. The van der Waals surface area contributed by atoms with Crippen molar-refractivity contribution in [3.05, 3.63) is 80.9 Å². The Kier molecular flexibility index (Phi) is 5.21. The molecule has 2 aliphatic rings. The molecule has 0 unspecified atom stereocenters. The summed E-state index contributed by atoms with van der Waals surface area (Å²) in [6.07, 6.45) is -1.09. The molecule has 2 aromatic carbocycles. The van der Waals surface area contributed by atoms with Crippen molar-refractivity contribution < 1.29 is 27.6 Å². The Bertz CT molecular complexity index is 1240. The van der Waals surface area contributed by atoms with Crippen LogP contribution in [-0.4, -0.2) is 33.3 Å². The Labute approximate surface area is 175 Å². The maximum atomic E-state index is 13.6. The monoisotopic (exact) mass is 450 g/mol. The molecule has 2 aliphatic heterocycles. The zero-order chi connectivity index (χ0) is 21.6. The molecule has 0 amide bonds. The molecule has 0 radical (unpaired) electrons. The Hall–Kier alpha value is -2.46. The molecule has 0 spiro atoms. The predicted molar refractivity (Wildman–Crippen MR) is 110 cm³/mol. The van der Waals surface area contributed by atoms with E-state index < -0.39 is 43.7 Å². The Morgan fingerprint density at radius 3 is 2.87 bits per heavy atom. The standard InChI is InChI=1S/C20H20FN2O7P/c21-15-9-23(20(25)22-19(15)24)18-8-16-17(29-18)11-28-31(26,30-16)27-10-13-6-3-5-12-4-1-2-7-14(12)13/h1-7,9,16-18,26,31H,8,10-11H2,(H,22,24,25)/t16-,17+,18+/m0/s1. The molecular formula is C20H20FN2O7P. The summed E-state index contributed by atoms with van der Waals surface area (Å²) < 4.78 is 37.2. The molecule has 3 aromatic rings. The number of aromatic nitrogens is 2. The summed E-state index contributed by atoms with van der Waals surface area (Å²) in [4.78, 5) is 35.9. The van der Waals surface area contributed by atoms with Gasteiger partial charge >= 0.3 is 175 Å². The SMILES string of the molecule is O=c1[nH]c(=O)n([C@H]2C[C@@H]3O[PH](O)(OCc4cccc5ccccc45)OC[C@H]3O2)cc1F. The van der Waals surface area contributed by atoms with Gasteiger partial charge in [-0.25, -0.2) is 0 Å². The number of rotatable bonds is 4. The predicted octanol–water partition coefficient (Wildman–Crippen LogP) is 2.15. The van der Waals surface area contributed by atoms with Crippen molar-refractivity contribution in [2.24, 2.45) is 0 Å². The molecule has 0 saturated carbocycles. The molecule has 1 aromatic heterocycles. The molecule has 164 valence electrons. The molecule has 2 fully saturated rings. The van der Waals surface area contributed by atoms with Gasteiger partial charge in [0.25, 0.3) is 0 Å². The number of benzene rings is 2. The van der Waals surface area contributed by atoms with Crippen LogP contribution in [0.1, 0.15) is 18.2 Å². The van der Waals surface area contributed by atoms with Crippen molar-refractivity contribution in [1.29, 1.82) is 0 Å². The fourth-order valence-electron chi connectivity index (χ4n) is 3.90. The molecule has 2 saturated heterocycles. The maximum absolute atomic E-state index is 13.6. The number of ether oxygens (including phenoxy) is 1. The van der Waals surface area contributed by atoms with Crippen molar-refractivity contribution in [2.45, 2.75) is 31.5 Å². The summed E-state index contributed by atoms with van der Waals surface area (Å²) in [6.45, 7) is 0.0936. The number of hydrogen-bond acceptors (Lipinski definition) is 7. The molecule has 2 N–H and O–H groups in total. The van der Waals surface area contributed by atoms with Crippen molar-refractivity contribution in [3.8, 4) is 0 Å². The number of halogens is 1. The molecule has 11 heteroatoms. The van der Waals surface area contributed by atoms with Gasteiger partial charge in [-0.05, 0) is 0 Å². The van der Waals surface area contributed by atoms with E-state index in [2.05, 4.69) is 0 Å². The number of fused-ring (bicyclic) bond motifs is 2. The second kappa shape index (κ2) is 7.90. The van der Waals surface area contributed by atoms with Crippen molar-refractivity contribution in [2.75, 3.05) is 6.61 Å². The Balaban J connectivity index is 1.29. The first-order valence-electron chi connectivity index (χ1n) is 9.73. The van der Waals surface area contributed by atoms with Gasteiger partial charge in [-0.2, -0.15) is 0 Å². The van der Waals surface area contributed by atoms with E-state index in [4.69, 9.17) is 18.3 Å². The normalized spacial score (nSPS) is 25.9. The van der Waals surface area contributed by atoms with Gasteiger partial charge in [0, 0.05) is 0 Å². The van der Waals surface area contributed by atoms with E-state index in [9.17, 15) is 18.9 Å². The van der Waals surface area contributed by atoms with Crippen LogP contribution in [0.15, 0.2) is 58.3 Å². The van der Waals surface area contributed by atoms with Crippen LogP contribution in [0.3, 0.4) is 0 Å². The summed E-state index contributed by atoms with van der Waals surface area (Å²) in [7, 11) is -3.96. The van der Waals surface area contributed by atoms with E-state index in [0.29, 0.717) is 0 Å². The van der Waals surface area contributed by atoms with E-state index in [1.807, 2.05) is 47.4 Å². The minimum absolute atomic E-state index is 0.0000122. The Morgan fingerprint density at radius 2 is 2.00 bits per heavy atom. The topological polar surface area (TPSA) is 112 Å². The first-order valence-corrected chi connectivity index (χ1v) is 11.4. The van der Waals surface area contributed by atoms with Crippen LogP contribution in [0, 0.1) is 5.82 Å². The van der Waals surface area contributed by atoms with Gasteiger partial charge in [-0.15, -0.1) is 0 Å².